The Morgan fingerprint density at radius 3 is 2.09 bits per heavy atom. The third-order valence-corrected chi connectivity index (χ3v) is 8.49. The standard InChI is InChI=1S/C34H31N5O3S2/c1-22-30(33(42)39(38(22)3)28-14-8-5-9-15-28)37-32(41)31(25-11-6-4-7-12-25)44-29-16-10-13-27(21-29)36-34(43)35-26-19-17-24(18-20-26)23(2)40/h4-21,31H,1-3H3,(H,37,41)(H2,35,36,43). The minimum Gasteiger partial charge on any atom is -0.332 e. The average Bonchev–Trinajstić information content (AvgIpc) is 3.23. The molecule has 1 amide bonds. The van der Waals surface area contributed by atoms with Gasteiger partial charge < -0.3 is 16.0 Å². The SMILES string of the molecule is CC(=O)c1ccc(NC(=S)Nc2cccc(SC(C(=O)Nc3c(C)n(C)n(-c4ccccc4)c3=O)c3ccccc3)c2)cc1. The molecule has 44 heavy (non-hydrogen) atoms. The first kappa shape index (κ1) is 30.5. The molecule has 8 nitrogen and oxygen atoms in total. The zero-order valence-corrected chi connectivity index (χ0v) is 26.0. The molecular weight excluding hydrogens is 591 g/mol. The second-order valence-corrected chi connectivity index (χ2v) is 11.7. The molecule has 1 unspecified atom stereocenters. The third kappa shape index (κ3) is 6.99. The number of amides is 1. The van der Waals surface area contributed by atoms with Gasteiger partial charge in [-0.25, -0.2) is 4.68 Å². The molecule has 0 aliphatic heterocycles. The molecule has 0 radical (unpaired) electrons. The Balaban J connectivity index is 1.35. The van der Waals surface area contributed by atoms with Gasteiger partial charge in [0.25, 0.3) is 5.56 Å². The molecule has 0 aliphatic carbocycles. The summed E-state index contributed by atoms with van der Waals surface area (Å²) in [4.78, 5) is 39.7. The summed E-state index contributed by atoms with van der Waals surface area (Å²) in [6, 6.07) is 33.5. The zero-order valence-electron chi connectivity index (χ0n) is 24.4. The van der Waals surface area contributed by atoms with E-state index < -0.39 is 5.25 Å². The average molecular weight is 622 g/mol. The van der Waals surface area contributed by atoms with E-state index in [-0.39, 0.29) is 22.9 Å². The van der Waals surface area contributed by atoms with Crippen molar-refractivity contribution < 1.29 is 9.59 Å². The van der Waals surface area contributed by atoms with Crippen molar-refractivity contribution in [1.82, 2.24) is 9.36 Å². The molecule has 0 aliphatic rings. The lowest BCUT2D eigenvalue weighted by molar-refractivity contribution is -0.115. The van der Waals surface area contributed by atoms with Gasteiger partial charge in [0.15, 0.2) is 10.9 Å². The lowest BCUT2D eigenvalue weighted by Gasteiger charge is -2.18. The number of carbonyl (C=O) groups excluding carboxylic acids is 2. The van der Waals surface area contributed by atoms with Crippen LogP contribution in [0.1, 0.15) is 33.8 Å². The Morgan fingerprint density at radius 2 is 1.43 bits per heavy atom. The van der Waals surface area contributed by atoms with Crippen molar-refractivity contribution in [3.8, 4) is 5.69 Å². The van der Waals surface area contributed by atoms with E-state index in [1.165, 1.54) is 18.7 Å². The van der Waals surface area contributed by atoms with Crippen molar-refractivity contribution in [3.05, 3.63) is 136 Å². The number of carbonyl (C=O) groups is 2. The lowest BCUT2D eigenvalue weighted by Crippen LogP contribution is -2.25. The van der Waals surface area contributed by atoms with Gasteiger partial charge in [0.05, 0.1) is 11.4 Å². The van der Waals surface area contributed by atoms with Crippen LogP contribution in [0.3, 0.4) is 0 Å². The van der Waals surface area contributed by atoms with E-state index in [9.17, 15) is 14.4 Å². The van der Waals surface area contributed by atoms with E-state index in [0.29, 0.717) is 22.1 Å². The quantitative estimate of drug-likeness (QED) is 0.0930. The first-order valence-corrected chi connectivity index (χ1v) is 15.2. The van der Waals surface area contributed by atoms with Gasteiger partial charge >= 0.3 is 0 Å². The maximum atomic E-state index is 13.9. The van der Waals surface area contributed by atoms with E-state index in [1.807, 2.05) is 91.9 Å². The lowest BCUT2D eigenvalue weighted by atomic mass is 10.1. The number of Topliss-reactive ketones (excluding diaryl/α,β-unsaturated/α-hetero) is 1. The van der Waals surface area contributed by atoms with Gasteiger partial charge in [0.1, 0.15) is 10.9 Å². The number of anilines is 3. The van der Waals surface area contributed by atoms with E-state index in [4.69, 9.17) is 12.2 Å². The number of thiocarbonyl (C=S) groups is 1. The molecule has 0 saturated carbocycles. The van der Waals surface area contributed by atoms with Gasteiger partial charge in [-0.2, -0.15) is 0 Å². The number of thioether (sulfide) groups is 1. The molecular formula is C34H31N5O3S2. The monoisotopic (exact) mass is 621 g/mol. The Kier molecular flexibility index (Phi) is 9.42. The maximum Gasteiger partial charge on any atom is 0.295 e. The van der Waals surface area contributed by atoms with E-state index in [1.54, 1.807) is 40.7 Å². The van der Waals surface area contributed by atoms with Gasteiger partial charge in [0, 0.05) is 28.9 Å². The van der Waals surface area contributed by atoms with Gasteiger partial charge in [-0.1, -0.05) is 54.6 Å². The summed E-state index contributed by atoms with van der Waals surface area (Å²) in [5.41, 5.74) is 4.22. The first-order chi connectivity index (χ1) is 21.2. The molecule has 0 fully saturated rings. The molecule has 4 aromatic carbocycles. The molecule has 0 bridgehead atoms. The Hall–Kier alpha value is -4.93. The molecule has 1 atom stereocenters. The number of hydrogen-bond acceptors (Lipinski definition) is 5. The fraction of sp³-hybridized carbons (Fsp3) is 0.118. The molecule has 3 N–H and O–H groups in total. The van der Waals surface area contributed by atoms with Crippen LogP contribution in [0.15, 0.2) is 119 Å². The molecule has 1 aromatic heterocycles. The highest BCUT2D eigenvalue weighted by atomic mass is 32.2. The number of hydrogen-bond donors (Lipinski definition) is 3. The molecule has 222 valence electrons. The topological polar surface area (TPSA) is 97.2 Å². The number of nitrogens with one attached hydrogen (secondary N) is 3. The fourth-order valence-corrected chi connectivity index (χ4v) is 5.99. The molecule has 10 heteroatoms. The number of rotatable bonds is 9. The Bertz CT molecular complexity index is 1870. The van der Waals surface area contributed by atoms with Crippen LogP contribution in [0.25, 0.3) is 5.69 Å². The number of para-hydroxylation sites is 1. The normalized spacial score (nSPS) is 11.4. The van der Waals surface area contributed by atoms with Crippen LogP contribution in [0, 0.1) is 6.92 Å². The van der Waals surface area contributed by atoms with Gasteiger partial charge in [-0.3, -0.25) is 19.1 Å². The summed E-state index contributed by atoms with van der Waals surface area (Å²) < 4.78 is 3.28. The van der Waals surface area contributed by atoms with Crippen molar-refractivity contribution in [2.45, 2.75) is 24.0 Å². The Labute approximate surface area is 265 Å². The summed E-state index contributed by atoms with van der Waals surface area (Å²) in [7, 11) is 1.79. The highest BCUT2D eigenvalue weighted by Crippen LogP contribution is 2.37. The van der Waals surface area contributed by atoms with E-state index in [0.717, 1.165) is 21.8 Å². The van der Waals surface area contributed by atoms with Crippen molar-refractivity contribution >= 4 is 57.8 Å². The first-order valence-electron chi connectivity index (χ1n) is 13.9. The van der Waals surface area contributed by atoms with Crippen LogP contribution in [-0.4, -0.2) is 26.2 Å². The zero-order chi connectivity index (χ0) is 31.2. The molecule has 0 spiro atoms. The van der Waals surface area contributed by atoms with Crippen LogP contribution < -0.4 is 21.5 Å². The van der Waals surface area contributed by atoms with Gasteiger partial charge in [-0.15, -0.1) is 11.8 Å². The predicted octanol–water partition coefficient (Wildman–Crippen LogP) is 6.97. The number of aromatic nitrogens is 2. The second kappa shape index (κ2) is 13.6. The number of ketones is 1. The fourth-order valence-electron chi connectivity index (χ4n) is 4.67. The van der Waals surface area contributed by atoms with Crippen LogP contribution in [-0.2, 0) is 11.8 Å². The second-order valence-electron chi connectivity index (χ2n) is 10.1. The summed E-state index contributed by atoms with van der Waals surface area (Å²) in [5.74, 6) is -0.311. The van der Waals surface area contributed by atoms with E-state index in [2.05, 4.69) is 16.0 Å². The molecule has 1 heterocycles. The number of nitrogens with zero attached hydrogens (tertiary/aromatic N) is 2. The smallest absolute Gasteiger partial charge is 0.295 e. The van der Waals surface area contributed by atoms with Gasteiger partial charge in [-0.05, 0) is 86.2 Å². The van der Waals surface area contributed by atoms with Crippen molar-refractivity contribution in [2.24, 2.45) is 7.05 Å². The minimum absolute atomic E-state index is 0.00255. The highest BCUT2D eigenvalue weighted by molar-refractivity contribution is 8.00. The van der Waals surface area contributed by atoms with Crippen molar-refractivity contribution in [1.29, 1.82) is 0 Å². The maximum absolute atomic E-state index is 13.9. The molecule has 0 saturated heterocycles. The molecule has 5 rings (SSSR count). The van der Waals surface area contributed by atoms with Crippen molar-refractivity contribution in [3.63, 3.8) is 0 Å². The summed E-state index contributed by atoms with van der Waals surface area (Å²) in [6.45, 7) is 3.33. The van der Waals surface area contributed by atoms with Gasteiger partial charge in [0.2, 0.25) is 5.91 Å². The number of benzene rings is 4. The van der Waals surface area contributed by atoms with Crippen LogP contribution >= 0.6 is 24.0 Å². The Morgan fingerprint density at radius 1 is 0.795 bits per heavy atom. The van der Waals surface area contributed by atoms with Crippen LogP contribution in [0.2, 0.25) is 0 Å². The largest absolute Gasteiger partial charge is 0.332 e. The summed E-state index contributed by atoms with van der Waals surface area (Å²) in [6.07, 6.45) is 0. The predicted molar refractivity (Wildman–Crippen MR) is 182 cm³/mol. The highest BCUT2D eigenvalue weighted by Gasteiger charge is 2.26. The van der Waals surface area contributed by atoms with Crippen molar-refractivity contribution in [2.75, 3.05) is 16.0 Å². The third-order valence-electron chi connectivity index (χ3n) is 7.04. The molecule has 5 aromatic rings. The summed E-state index contributed by atoms with van der Waals surface area (Å²) in [5, 5.41) is 8.98. The summed E-state index contributed by atoms with van der Waals surface area (Å²) >= 11 is 6.88. The minimum atomic E-state index is -0.638. The van der Waals surface area contributed by atoms with Crippen LogP contribution in [0.4, 0.5) is 17.1 Å². The van der Waals surface area contributed by atoms with E-state index >= 15 is 0 Å². The van der Waals surface area contributed by atoms with Crippen LogP contribution in [0.5, 0.6) is 0 Å².